The summed E-state index contributed by atoms with van der Waals surface area (Å²) in [5.74, 6) is 1.55. The van der Waals surface area contributed by atoms with Gasteiger partial charge in [0.1, 0.15) is 0 Å². The summed E-state index contributed by atoms with van der Waals surface area (Å²) in [5.41, 5.74) is 0. The van der Waals surface area contributed by atoms with Gasteiger partial charge < -0.3 is 14.4 Å². The maximum absolute atomic E-state index is 13.9. The Labute approximate surface area is 381 Å². The van der Waals surface area contributed by atoms with E-state index < -0.39 is 0 Å². The summed E-state index contributed by atoms with van der Waals surface area (Å²) in [6, 6.07) is 0. The summed E-state index contributed by atoms with van der Waals surface area (Å²) >= 11 is 0. The zero-order chi connectivity index (χ0) is 44.9. The second-order valence-corrected chi connectivity index (χ2v) is 19.1. The summed E-state index contributed by atoms with van der Waals surface area (Å²) < 4.78 is 11.5. The molecule has 362 valence electrons. The molecule has 0 aromatic heterocycles. The van der Waals surface area contributed by atoms with E-state index in [1.165, 1.54) is 154 Å². The van der Waals surface area contributed by atoms with Crippen molar-refractivity contribution in [3.8, 4) is 0 Å². The predicted octanol–water partition coefficient (Wildman–Crippen LogP) is 17.1. The average Bonchev–Trinajstić information content (AvgIpc) is 3.26. The highest BCUT2D eigenvalue weighted by molar-refractivity contribution is 5.78. The monoisotopic (exact) mass is 862 g/mol. The first-order chi connectivity index (χ1) is 29.9. The van der Waals surface area contributed by atoms with Crippen LogP contribution in [0.5, 0.6) is 0 Å². The van der Waals surface area contributed by atoms with Crippen LogP contribution < -0.4 is 0 Å². The molecule has 0 heterocycles. The van der Waals surface area contributed by atoms with Crippen LogP contribution in [0.1, 0.15) is 292 Å². The van der Waals surface area contributed by atoms with Gasteiger partial charge >= 0.3 is 11.9 Å². The molecule has 0 radical (unpaired) electrons. The number of ether oxygens (including phenoxy) is 2. The highest BCUT2D eigenvalue weighted by Crippen LogP contribution is 2.24. The smallest absolute Gasteiger partial charge is 0.305 e. The van der Waals surface area contributed by atoms with Gasteiger partial charge in [0.05, 0.1) is 13.2 Å². The lowest BCUT2D eigenvalue weighted by atomic mass is 9.92. The molecule has 2 unspecified atom stereocenters. The lowest BCUT2D eigenvalue weighted by Gasteiger charge is -2.27. The Morgan fingerprint density at radius 3 is 1.07 bits per heavy atom. The maximum atomic E-state index is 13.9. The van der Waals surface area contributed by atoms with Crippen molar-refractivity contribution in [2.75, 3.05) is 26.3 Å². The van der Waals surface area contributed by atoms with Crippen molar-refractivity contribution in [2.24, 2.45) is 17.8 Å². The Hall–Kier alpha value is -1.59. The molecule has 0 aliphatic carbocycles. The number of hydrogen-bond donors (Lipinski definition) is 0. The standard InChI is InChI=1S/C55H107NO5/c1-7-13-18-21-26-31-38-47-56(12-6)55(59)52(43-34-27-22-24-29-36-45-53(57)60-48-50(39-16-10-4)41-32-19-14-8-2)44-35-28-23-25-30-37-46-54(58)61-49-51(40-17-11-5)42-33-20-15-9-3/h50-52H,7-49H2,1-6H3. The quantitative estimate of drug-likeness (QED) is 0.0450. The van der Waals surface area contributed by atoms with Crippen LogP contribution in [0, 0.1) is 17.8 Å². The van der Waals surface area contributed by atoms with Crippen molar-refractivity contribution in [3.05, 3.63) is 0 Å². The molecule has 2 atom stereocenters. The first-order valence-corrected chi connectivity index (χ1v) is 27.5. The SMILES string of the molecule is CCCCCCCCCN(CC)C(=O)C(CCCCCCCCC(=O)OCC(CCCC)CCCCCC)CCCCCCCCC(=O)OCC(CCCC)CCCCCC. The zero-order valence-corrected chi connectivity index (χ0v) is 42.1. The number of carbonyl (C=O) groups excluding carboxylic acids is 3. The van der Waals surface area contributed by atoms with Crippen LogP contribution in [-0.4, -0.2) is 49.0 Å². The van der Waals surface area contributed by atoms with Gasteiger partial charge in [-0.25, -0.2) is 0 Å². The van der Waals surface area contributed by atoms with Gasteiger partial charge in [-0.2, -0.15) is 0 Å². The topological polar surface area (TPSA) is 72.9 Å². The Morgan fingerprint density at radius 2 is 0.672 bits per heavy atom. The van der Waals surface area contributed by atoms with Gasteiger partial charge in [-0.05, 0) is 76.5 Å². The van der Waals surface area contributed by atoms with Crippen molar-refractivity contribution < 1.29 is 23.9 Å². The Morgan fingerprint density at radius 1 is 0.361 bits per heavy atom. The molecule has 6 heteroatoms. The molecular formula is C55H107NO5. The number of unbranched alkanes of at least 4 members (excludes halogenated alkanes) is 24. The van der Waals surface area contributed by atoms with E-state index >= 15 is 0 Å². The molecule has 0 saturated heterocycles. The van der Waals surface area contributed by atoms with Crippen LogP contribution in [0.25, 0.3) is 0 Å². The molecule has 0 aliphatic heterocycles. The molecule has 0 aliphatic rings. The van der Waals surface area contributed by atoms with Crippen LogP contribution in [0.2, 0.25) is 0 Å². The minimum atomic E-state index is -0.0112. The molecule has 0 rings (SSSR count). The van der Waals surface area contributed by atoms with Crippen LogP contribution >= 0.6 is 0 Å². The predicted molar refractivity (Wildman–Crippen MR) is 263 cm³/mol. The molecular weight excluding hydrogens is 755 g/mol. The largest absolute Gasteiger partial charge is 0.465 e. The lowest BCUT2D eigenvalue weighted by Crippen LogP contribution is -2.37. The zero-order valence-electron chi connectivity index (χ0n) is 42.1. The van der Waals surface area contributed by atoms with Gasteiger partial charge in [-0.15, -0.1) is 0 Å². The minimum Gasteiger partial charge on any atom is -0.465 e. The van der Waals surface area contributed by atoms with Crippen molar-refractivity contribution in [2.45, 2.75) is 292 Å². The van der Waals surface area contributed by atoms with Crippen molar-refractivity contribution in [1.82, 2.24) is 4.90 Å². The highest BCUT2D eigenvalue weighted by Gasteiger charge is 2.23. The summed E-state index contributed by atoms with van der Waals surface area (Å²) in [6.45, 7) is 16.3. The molecule has 61 heavy (non-hydrogen) atoms. The van der Waals surface area contributed by atoms with E-state index in [4.69, 9.17) is 9.47 Å². The molecule has 0 spiro atoms. The van der Waals surface area contributed by atoms with E-state index in [0.717, 1.165) is 96.6 Å². The van der Waals surface area contributed by atoms with Crippen molar-refractivity contribution in [1.29, 1.82) is 0 Å². The van der Waals surface area contributed by atoms with Gasteiger partial charge in [0.15, 0.2) is 0 Å². The number of esters is 2. The molecule has 0 aromatic rings. The van der Waals surface area contributed by atoms with E-state index in [-0.39, 0.29) is 17.9 Å². The van der Waals surface area contributed by atoms with Gasteiger partial charge in [0.2, 0.25) is 5.91 Å². The molecule has 0 saturated carbocycles. The van der Waals surface area contributed by atoms with E-state index in [9.17, 15) is 14.4 Å². The van der Waals surface area contributed by atoms with Crippen molar-refractivity contribution >= 4 is 17.8 Å². The van der Waals surface area contributed by atoms with E-state index in [0.29, 0.717) is 43.8 Å². The highest BCUT2D eigenvalue weighted by atomic mass is 16.5. The van der Waals surface area contributed by atoms with Crippen LogP contribution in [0.4, 0.5) is 0 Å². The summed E-state index contributed by atoms with van der Waals surface area (Å²) in [7, 11) is 0. The third kappa shape index (κ3) is 38.6. The second-order valence-electron chi connectivity index (χ2n) is 19.1. The maximum Gasteiger partial charge on any atom is 0.305 e. The lowest BCUT2D eigenvalue weighted by molar-refractivity contribution is -0.146. The normalized spacial score (nSPS) is 13.0. The number of hydrogen-bond acceptors (Lipinski definition) is 5. The number of carbonyl (C=O) groups is 3. The Balaban J connectivity index is 4.64. The molecule has 0 fully saturated rings. The average molecular weight is 862 g/mol. The first-order valence-electron chi connectivity index (χ1n) is 27.5. The van der Waals surface area contributed by atoms with E-state index in [2.05, 4.69) is 46.4 Å². The first kappa shape index (κ1) is 59.4. The fourth-order valence-electron chi connectivity index (χ4n) is 8.96. The van der Waals surface area contributed by atoms with Crippen LogP contribution in [0.15, 0.2) is 0 Å². The Kier molecular flexibility index (Phi) is 45.2. The van der Waals surface area contributed by atoms with Crippen molar-refractivity contribution in [3.63, 3.8) is 0 Å². The van der Waals surface area contributed by atoms with E-state index in [1.807, 2.05) is 0 Å². The molecule has 0 N–H and O–H groups in total. The second kappa shape index (κ2) is 46.4. The molecule has 1 amide bonds. The van der Waals surface area contributed by atoms with Gasteiger partial charge in [-0.3, -0.25) is 14.4 Å². The third-order valence-electron chi connectivity index (χ3n) is 13.3. The molecule has 6 nitrogen and oxygen atoms in total. The van der Waals surface area contributed by atoms with Crippen LogP contribution in [0.3, 0.4) is 0 Å². The summed E-state index contributed by atoms with van der Waals surface area (Å²) in [5, 5.41) is 0. The fraction of sp³-hybridized carbons (Fsp3) is 0.945. The van der Waals surface area contributed by atoms with E-state index in [1.54, 1.807) is 0 Å². The number of rotatable bonds is 48. The fourth-order valence-corrected chi connectivity index (χ4v) is 8.96. The van der Waals surface area contributed by atoms with Gasteiger partial charge in [0.25, 0.3) is 0 Å². The third-order valence-corrected chi connectivity index (χ3v) is 13.3. The number of nitrogens with zero attached hydrogens (tertiary/aromatic N) is 1. The van der Waals surface area contributed by atoms with Crippen LogP contribution in [-0.2, 0) is 23.9 Å². The molecule has 0 aromatic carbocycles. The molecule has 0 bridgehead atoms. The van der Waals surface area contributed by atoms with Gasteiger partial charge in [0, 0.05) is 31.8 Å². The summed E-state index contributed by atoms with van der Waals surface area (Å²) in [4.78, 5) is 41.1. The van der Waals surface area contributed by atoms with Gasteiger partial charge in [-0.1, -0.05) is 214 Å². The number of amides is 1. The summed E-state index contributed by atoms with van der Waals surface area (Å²) in [6.07, 6.45) is 45.0. The Bertz CT molecular complexity index is 899. The minimum absolute atomic E-state index is 0.0112.